The number of benzene rings is 1. The predicted octanol–water partition coefficient (Wildman–Crippen LogP) is 1.93. The zero-order chi connectivity index (χ0) is 18.2. The van der Waals surface area contributed by atoms with E-state index in [1.54, 1.807) is 13.2 Å². The molecule has 26 heavy (non-hydrogen) atoms. The van der Waals surface area contributed by atoms with Crippen LogP contribution in [0, 0.1) is 0 Å². The zero-order valence-electron chi connectivity index (χ0n) is 15.3. The average molecular weight is 386 g/mol. The van der Waals surface area contributed by atoms with E-state index in [-0.39, 0.29) is 24.9 Å². The average Bonchev–Trinajstić information content (AvgIpc) is 2.60. The molecule has 146 valence electrons. The highest BCUT2D eigenvalue weighted by Crippen LogP contribution is 2.18. The van der Waals surface area contributed by atoms with Gasteiger partial charge in [-0.05, 0) is 45.1 Å². The first kappa shape index (κ1) is 22.2. The summed E-state index contributed by atoms with van der Waals surface area (Å²) in [5.74, 6) is -0.0946. The highest BCUT2D eigenvalue weighted by Gasteiger charge is 2.23. The Morgan fingerprint density at radius 1 is 1.35 bits per heavy atom. The number of aliphatic carboxylic acids is 1. The van der Waals surface area contributed by atoms with Crippen molar-refractivity contribution in [3.8, 4) is 5.75 Å². The molecule has 7 nitrogen and oxygen atoms in total. The fraction of sp³-hybridized carbons (Fsp3) is 0.556. The first-order valence-corrected chi connectivity index (χ1v) is 8.56. The van der Waals surface area contributed by atoms with E-state index < -0.39 is 5.97 Å². The van der Waals surface area contributed by atoms with Gasteiger partial charge >= 0.3 is 5.97 Å². The highest BCUT2D eigenvalue weighted by molar-refractivity contribution is 5.91. The summed E-state index contributed by atoms with van der Waals surface area (Å²) in [5, 5.41) is 11.7. The molecule has 0 unspecified atom stereocenters. The number of hydrogen-bond acceptors (Lipinski definition) is 5. The maximum atomic E-state index is 12.1. The van der Waals surface area contributed by atoms with E-state index in [0.29, 0.717) is 24.8 Å². The summed E-state index contributed by atoms with van der Waals surface area (Å²) in [7, 11) is 3.45. The molecular weight excluding hydrogens is 358 g/mol. The Kier molecular flexibility index (Phi) is 9.40. The van der Waals surface area contributed by atoms with Crippen molar-refractivity contribution in [2.45, 2.75) is 25.3 Å². The molecule has 0 bridgehead atoms. The third kappa shape index (κ3) is 7.19. The molecule has 2 N–H and O–H groups in total. The summed E-state index contributed by atoms with van der Waals surface area (Å²) < 4.78 is 5.14. The lowest BCUT2D eigenvalue weighted by Gasteiger charge is -2.36. The van der Waals surface area contributed by atoms with Crippen molar-refractivity contribution in [2.24, 2.45) is 0 Å². The van der Waals surface area contributed by atoms with Crippen LogP contribution in [0.15, 0.2) is 24.3 Å². The third-order valence-electron chi connectivity index (χ3n) is 4.57. The second-order valence-electron chi connectivity index (χ2n) is 6.41. The molecular formula is C18H28ClN3O4. The lowest BCUT2D eigenvalue weighted by atomic mass is 10.0. The standard InChI is InChI=1S/C18H27N3O4.ClH/c1-20(13-18(23)24)15-6-9-21(10-7-15)11-8-17(22)19-14-4-3-5-16(12-14)25-2;/h3-5,12,15H,6-11,13H2,1-2H3,(H,19,22)(H,23,24);1H. The van der Waals surface area contributed by atoms with Crippen molar-refractivity contribution < 1.29 is 19.4 Å². The molecule has 8 heteroatoms. The fourth-order valence-electron chi connectivity index (χ4n) is 3.11. The molecule has 1 aliphatic heterocycles. The van der Waals surface area contributed by atoms with E-state index >= 15 is 0 Å². The fourth-order valence-corrected chi connectivity index (χ4v) is 3.11. The van der Waals surface area contributed by atoms with Gasteiger partial charge in [0, 0.05) is 30.8 Å². The summed E-state index contributed by atoms with van der Waals surface area (Å²) in [6.45, 7) is 2.57. The van der Waals surface area contributed by atoms with Gasteiger partial charge in [0.2, 0.25) is 5.91 Å². The van der Waals surface area contributed by atoms with Crippen molar-refractivity contribution in [2.75, 3.05) is 45.7 Å². The zero-order valence-corrected chi connectivity index (χ0v) is 16.1. The van der Waals surface area contributed by atoms with Gasteiger partial charge in [-0.3, -0.25) is 14.5 Å². The van der Waals surface area contributed by atoms with E-state index in [9.17, 15) is 9.59 Å². The minimum absolute atomic E-state index is 0. The van der Waals surface area contributed by atoms with Crippen LogP contribution in [0.1, 0.15) is 19.3 Å². The number of anilines is 1. The number of hydrogen-bond donors (Lipinski definition) is 2. The van der Waals surface area contributed by atoms with Crippen LogP contribution < -0.4 is 10.1 Å². The monoisotopic (exact) mass is 385 g/mol. The molecule has 1 amide bonds. The van der Waals surface area contributed by atoms with Crippen molar-refractivity contribution in [3.63, 3.8) is 0 Å². The largest absolute Gasteiger partial charge is 0.497 e. The Balaban J connectivity index is 0.00000338. The molecule has 1 aliphatic rings. The Bertz CT molecular complexity index is 592. The number of likely N-dealkylation sites (tertiary alicyclic amines) is 1. The summed E-state index contributed by atoms with van der Waals surface area (Å²) in [6.07, 6.45) is 2.30. The maximum absolute atomic E-state index is 12.1. The molecule has 1 aromatic rings. The first-order chi connectivity index (χ1) is 12.0. The van der Waals surface area contributed by atoms with Gasteiger partial charge in [0.1, 0.15) is 5.75 Å². The SMILES string of the molecule is COc1cccc(NC(=O)CCN2CCC(N(C)CC(=O)O)CC2)c1.Cl. The van der Waals surface area contributed by atoms with Crippen LogP contribution in [0.2, 0.25) is 0 Å². The number of carboxylic acids is 1. The van der Waals surface area contributed by atoms with Crippen LogP contribution >= 0.6 is 12.4 Å². The molecule has 1 aromatic carbocycles. The minimum atomic E-state index is -0.792. The second-order valence-corrected chi connectivity index (χ2v) is 6.41. The number of nitrogens with one attached hydrogen (secondary N) is 1. The van der Waals surface area contributed by atoms with E-state index in [1.807, 2.05) is 30.1 Å². The van der Waals surface area contributed by atoms with Crippen molar-refractivity contribution in [3.05, 3.63) is 24.3 Å². The topological polar surface area (TPSA) is 82.1 Å². The highest BCUT2D eigenvalue weighted by atomic mass is 35.5. The lowest BCUT2D eigenvalue weighted by Crippen LogP contribution is -2.45. The van der Waals surface area contributed by atoms with E-state index in [4.69, 9.17) is 9.84 Å². The number of amides is 1. The van der Waals surface area contributed by atoms with Gasteiger partial charge in [-0.1, -0.05) is 6.07 Å². The second kappa shape index (κ2) is 11.0. The van der Waals surface area contributed by atoms with E-state index in [2.05, 4.69) is 10.2 Å². The molecule has 1 heterocycles. The van der Waals surface area contributed by atoms with Crippen LogP contribution in [0.5, 0.6) is 5.75 Å². The third-order valence-corrected chi connectivity index (χ3v) is 4.57. The summed E-state index contributed by atoms with van der Waals surface area (Å²) in [6, 6.07) is 7.61. The van der Waals surface area contributed by atoms with E-state index in [1.165, 1.54) is 0 Å². The number of halogens is 1. The van der Waals surface area contributed by atoms with Gasteiger partial charge in [-0.2, -0.15) is 0 Å². The number of methoxy groups -OCH3 is 1. The van der Waals surface area contributed by atoms with Crippen LogP contribution in [0.3, 0.4) is 0 Å². The van der Waals surface area contributed by atoms with Gasteiger partial charge in [-0.15, -0.1) is 12.4 Å². The van der Waals surface area contributed by atoms with Gasteiger partial charge in [0.05, 0.1) is 13.7 Å². The number of likely N-dealkylation sites (N-methyl/N-ethyl adjacent to an activating group) is 1. The Morgan fingerprint density at radius 2 is 2.04 bits per heavy atom. The van der Waals surface area contributed by atoms with Crippen LogP contribution in [-0.4, -0.2) is 73.2 Å². The van der Waals surface area contributed by atoms with Gasteiger partial charge in [0.15, 0.2) is 0 Å². The Labute approximate surface area is 160 Å². The number of piperidine rings is 1. The van der Waals surface area contributed by atoms with Crippen molar-refractivity contribution in [1.29, 1.82) is 0 Å². The smallest absolute Gasteiger partial charge is 0.317 e. The van der Waals surface area contributed by atoms with Crippen molar-refractivity contribution >= 4 is 30.0 Å². The molecule has 0 aromatic heterocycles. The molecule has 1 saturated heterocycles. The summed E-state index contributed by atoms with van der Waals surface area (Å²) in [4.78, 5) is 27.0. The first-order valence-electron chi connectivity index (χ1n) is 8.56. The number of nitrogens with zero attached hydrogens (tertiary/aromatic N) is 2. The minimum Gasteiger partial charge on any atom is -0.497 e. The van der Waals surface area contributed by atoms with Crippen LogP contribution in [0.4, 0.5) is 5.69 Å². The lowest BCUT2D eigenvalue weighted by molar-refractivity contribution is -0.138. The molecule has 0 aliphatic carbocycles. The molecule has 0 radical (unpaired) electrons. The Hall–Kier alpha value is -1.83. The summed E-state index contributed by atoms with van der Waals surface area (Å²) in [5.41, 5.74) is 0.735. The van der Waals surface area contributed by atoms with E-state index in [0.717, 1.165) is 31.6 Å². The number of carboxylic acid groups (broad SMARTS) is 1. The molecule has 1 fully saturated rings. The predicted molar refractivity (Wildman–Crippen MR) is 103 cm³/mol. The van der Waals surface area contributed by atoms with Gasteiger partial charge < -0.3 is 20.1 Å². The van der Waals surface area contributed by atoms with Crippen LogP contribution in [-0.2, 0) is 9.59 Å². The van der Waals surface area contributed by atoms with Crippen molar-refractivity contribution in [1.82, 2.24) is 9.80 Å². The van der Waals surface area contributed by atoms with Gasteiger partial charge in [-0.25, -0.2) is 0 Å². The van der Waals surface area contributed by atoms with Crippen LogP contribution in [0.25, 0.3) is 0 Å². The van der Waals surface area contributed by atoms with Gasteiger partial charge in [0.25, 0.3) is 0 Å². The molecule has 0 saturated carbocycles. The number of ether oxygens (including phenoxy) is 1. The summed E-state index contributed by atoms with van der Waals surface area (Å²) >= 11 is 0. The number of carbonyl (C=O) groups is 2. The molecule has 2 rings (SSSR count). The number of rotatable bonds is 8. The Morgan fingerprint density at radius 3 is 2.65 bits per heavy atom. The normalized spacial score (nSPS) is 15.3. The molecule has 0 atom stereocenters. The quantitative estimate of drug-likeness (QED) is 0.711. The number of carbonyl (C=O) groups excluding carboxylic acids is 1. The maximum Gasteiger partial charge on any atom is 0.317 e. The molecule has 0 spiro atoms.